The number of benzene rings is 1. The molecule has 152 valence electrons. The summed E-state index contributed by atoms with van der Waals surface area (Å²) in [6, 6.07) is 6.65. The van der Waals surface area contributed by atoms with Crippen LogP contribution in [-0.4, -0.2) is 35.5 Å². The van der Waals surface area contributed by atoms with Gasteiger partial charge in [-0.3, -0.25) is 9.59 Å². The number of nitrogens with one attached hydrogen (secondary N) is 1. The standard InChI is InChI=1S/C22H24ClN3O3/c1-14-19-17(24-25-21(27)15-8-10-16(23)11-9-15)6-5-7-18(19)29-20(14)22(28)26-12-3-2-4-13-26/h8-11H,2-7,12-13H2,1H3,(H,25,27)/b24-17+. The van der Waals surface area contributed by atoms with Crippen LogP contribution in [0, 0.1) is 6.92 Å². The van der Waals surface area contributed by atoms with Crippen LogP contribution in [0.15, 0.2) is 33.8 Å². The third-order valence-electron chi connectivity index (χ3n) is 5.56. The number of fused-ring (bicyclic) bond motifs is 1. The van der Waals surface area contributed by atoms with Gasteiger partial charge in [0.2, 0.25) is 0 Å². The second-order valence-corrected chi connectivity index (χ2v) is 8.00. The van der Waals surface area contributed by atoms with Crippen LogP contribution in [0.1, 0.15) is 69.9 Å². The van der Waals surface area contributed by atoms with E-state index in [4.69, 9.17) is 16.0 Å². The molecule has 6 nitrogen and oxygen atoms in total. The minimum atomic E-state index is -0.299. The van der Waals surface area contributed by atoms with Crippen molar-refractivity contribution in [3.8, 4) is 0 Å². The van der Waals surface area contributed by atoms with Crippen molar-refractivity contribution in [2.24, 2.45) is 5.10 Å². The fourth-order valence-electron chi connectivity index (χ4n) is 4.01. The fraction of sp³-hybridized carbons (Fsp3) is 0.409. The number of hydrogen-bond acceptors (Lipinski definition) is 4. The number of carbonyl (C=O) groups excluding carboxylic acids is 2. The van der Waals surface area contributed by atoms with Gasteiger partial charge in [0.15, 0.2) is 5.76 Å². The Morgan fingerprint density at radius 1 is 1.07 bits per heavy atom. The molecule has 1 fully saturated rings. The molecule has 1 aliphatic heterocycles. The smallest absolute Gasteiger partial charge is 0.289 e. The van der Waals surface area contributed by atoms with E-state index in [0.29, 0.717) is 16.3 Å². The minimum Gasteiger partial charge on any atom is -0.455 e. The third-order valence-corrected chi connectivity index (χ3v) is 5.81. The average Bonchev–Trinajstić information content (AvgIpc) is 3.10. The van der Waals surface area contributed by atoms with E-state index in [2.05, 4.69) is 10.5 Å². The van der Waals surface area contributed by atoms with Crippen LogP contribution in [-0.2, 0) is 6.42 Å². The number of furan rings is 1. The predicted octanol–water partition coefficient (Wildman–Crippen LogP) is 4.34. The summed E-state index contributed by atoms with van der Waals surface area (Å²) in [5.74, 6) is 0.859. The molecule has 2 aliphatic rings. The number of likely N-dealkylation sites (tertiary alicyclic amines) is 1. The lowest BCUT2D eigenvalue weighted by Gasteiger charge is -2.25. The summed E-state index contributed by atoms with van der Waals surface area (Å²) in [6.07, 6.45) is 5.61. The number of amides is 2. The summed E-state index contributed by atoms with van der Waals surface area (Å²) in [5, 5.41) is 4.94. The largest absolute Gasteiger partial charge is 0.455 e. The zero-order chi connectivity index (χ0) is 20.4. The molecule has 7 heteroatoms. The number of aryl methyl sites for hydroxylation is 1. The molecular formula is C22H24ClN3O3. The summed E-state index contributed by atoms with van der Waals surface area (Å²) in [4.78, 5) is 27.2. The highest BCUT2D eigenvalue weighted by molar-refractivity contribution is 6.30. The first-order valence-corrected chi connectivity index (χ1v) is 10.5. The molecule has 0 radical (unpaired) electrons. The van der Waals surface area contributed by atoms with Crippen LogP contribution < -0.4 is 5.43 Å². The topological polar surface area (TPSA) is 74.9 Å². The molecule has 1 saturated heterocycles. The number of hydrazone groups is 1. The van der Waals surface area contributed by atoms with Crippen molar-refractivity contribution in [2.75, 3.05) is 13.1 Å². The van der Waals surface area contributed by atoms with Crippen LogP contribution in [0.5, 0.6) is 0 Å². The fourth-order valence-corrected chi connectivity index (χ4v) is 4.13. The van der Waals surface area contributed by atoms with Crippen molar-refractivity contribution < 1.29 is 14.0 Å². The second-order valence-electron chi connectivity index (χ2n) is 7.57. The zero-order valence-electron chi connectivity index (χ0n) is 16.5. The van der Waals surface area contributed by atoms with Crippen molar-refractivity contribution >= 4 is 29.1 Å². The first-order valence-electron chi connectivity index (χ1n) is 10.1. The SMILES string of the molecule is Cc1c(C(=O)N2CCCCC2)oc2c1/C(=N/NC(=O)c1ccc(Cl)cc1)CCC2. The van der Waals surface area contributed by atoms with Gasteiger partial charge >= 0.3 is 0 Å². The molecule has 2 heterocycles. The summed E-state index contributed by atoms with van der Waals surface area (Å²) in [5.41, 5.74) is 5.55. The molecule has 1 aromatic carbocycles. The monoisotopic (exact) mass is 413 g/mol. The van der Waals surface area contributed by atoms with Crippen molar-refractivity contribution in [3.63, 3.8) is 0 Å². The first kappa shape index (κ1) is 19.7. The molecule has 2 aromatic rings. The molecule has 0 bridgehead atoms. The zero-order valence-corrected chi connectivity index (χ0v) is 17.2. The maximum absolute atomic E-state index is 12.9. The van der Waals surface area contributed by atoms with E-state index in [-0.39, 0.29) is 11.8 Å². The van der Waals surface area contributed by atoms with E-state index in [9.17, 15) is 9.59 Å². The molecule has 0 atom stereocenters. The Bertz CT molecular complexity index is 956. The minimum absolute atomic E-state index is 0.0406. The van der Waals surface area contributed by atoms with Gasteiger partial charge in [-0.15, -0.1) is 0 Å². The Hall–Kier alpha value is -2.60. The van der Waals surface area contributed by atoms with Crippen molar-refractivity contribution in [1.29, 1.82) is 0 Å². The first-order chi connectivity index (χ1) is 14.0. The second kappa shape index (κ2) is 8.41. The molecule has 2 amide bonds. The van der Waals surface area contributed by atoms with Crippen LogP contribution >= 0.6 is 11.6 Å². The average molecular weight is 414 g/mol. The quantitative estimate of drug-likeness (QED) is 0.760. The normalized spacial score (nSPS) is 17.9. The van der Waals surface area contributed by atoms with Crippen LogP contribution in [0.2, 0.25) is 5.02 Å². The van der Waals surface area contributed by atoms with Gasteiger partial charge in [0.05, 0.1) is 5.71 Å². The number of carbonyl (C=O) groups is 2. The Morgan fingerprint density at radius 2 is 1.79 bits per heavy atom. The molecule has 0 saturated carbocycles. The summed E-state index contributed by atoms with van der Waals surface area (Å²) in [6.45, 7) is 3.46. The van der Waals surface area contributed by atoms with E-state index in [0.717, 1.165) is 67.8 Å². The number of halogens is 1. The lowest BCUT2D eigenvalue weighted by Crippen LogP contribution is -2.35. The molecule has 1 aliphatic carbocycles. The Kier molecular flexibility index (Phi) is 5.72. The van der Waals surface area contributed by atoms with E-state index >= 15 is 0 Å². The number of nitrogens with zero attached hydrogens (tertiary/aromatic N) is 2. The molecular weight excluding hydrogens is 390 g/mol. The van der Waals surface area contributed by atoms with Gasteiger partial charge in [0.25, 0.3) is 11.8 Å². The lowest BCUT2D eigenvalue weighted by atomic mass is 9.93. The van der Waals surface area contributed by atoms with Crippen LogP contribution in [0.4, 0.5) is 0 Å². The van der Waals surface area contributed by atoms with Gasteiger partial charge in [-0.25, -0.2) is 5.43 Å². The number of hydrogen-bond donors (Lipinski definition) is 1. The highest BCUT2D eigenvalue weighted by Crippen LogP contribution is 2.31. The van der Waals surface area contributed by atoms with E-state index in [1.54, 1.807) is 24.3 Å². The van der Waals surface area contributed by atoms with Gasteiger partial charge in [0.1, 0.15) is 5.76 Å². The van der Waals surface area contributed by atoms with Gasteiger partial charge < -0.3 is 9.32 Å². The van der Waals surface area contributed by atoms with Crippen molar-refractivity contribution in [1.82, 2.24) is 10.3 Å². The lowest BCUT2D eigenvalue weighted by molar-refractivity contribution is 0.0689. The molecule has 4 rings (SSSR count). The Balaban J connectivity index is 1.56. The maximum atomic E-state index is 12.9. The number of piperidine rings is 1. The highest BCUT2D eigenvalue weighted by atomic mass is 35.5. The van der Waals surface area contributed by atoms with Crippen LogP contribution in [0.25, 0.3) is 0 Å². The highest BCUT2D eigenvalue weighted by Gasteiger charge is 2.30. The van der Waals surface area contributed by atoms with Gasteiger partial charge in [-0.1, -0.05) is 11.6 Å². The van der Waals surface area contributed by atoms with Crippen molar-refractivity contribution in [3.05, 3.63) is 57.5 Å². The molecule has 0 spiro atoms. The van der Waals surface area contributed by atoms with Crippen molar-refractivity contribution in [2.45, 2.75) is 45.4 Å². The van der Waals surface area contributed by atoms with Crippen LogP contribution in [0.3, 0.4) is 0 Å². The van der Waals surface area contributed by atoms with E-state index in [1.807, 2.05) is 11.8 Å². The predicted molar refractivity (Wildman–Crippen MR) is 112 cm³/mol. The van der Waals surface area contributed by atoms with E-state index in [1.165, 1.54) is 6.42 Å². The molecule has 1 N–H and O–H groups in total. The molecule has 0 unspecified atom stereocenters. The van der Waals surface area contributed by atoms with Gasteiger partial charge in [-0.2, -0.15) is 5.10 Å². The summed E-state index contributed by atoms with van der Waals surface area (Å²) >= 11 is 5.87. The third kappa shape index (κ3) is 4.08. The van der Waals surface area contributed by atoms with Gasteiger partial charge in [0, 0.05) is 41.2 Å². The molecule has 1 aromatic heterocycles. The Labute approximate surface area is 174 Å². The molecule has 29 heavy (non-hydrogen) atoms. The Morgan fingerprint density at radius 3 is 2.52 bits per heavy atom. The van der Waals surface area contributed by atoms with Gasteiger partial charge in [-0.05, 0) is 63.3 Å². The summed E-state index contributed by atoms with van der Waals surface area (Å²) < 4.78 is 5.99. The van der Waals surface area contributed by atoms with E-state index < -0.39 is 0 Å². The summed E-state index contributed by atoms with van der Waals surface area (Å²) in [7, 11) is 0. The number of rotatable bonds is 3. The maximum Gasteiger partial charge on any atom is 0.289 e.